The molecule has 0 aromatic carbocycles. The van der Waals surface area contributed by atoms with Crippen molar-refractivity contribution in [2.75, 3.05) is 5.32 Å². The van der Waals surface area contributed by atoms with Crippen molar-refractivity contribution >= 4 is 17.5 Å². The van der Waals surface area contributed by atoms with Gasteiger partial charge in [0.1, 0.15) is 6.04 Å². The molecule has 1 aliphatic carbocycles. The van der Waals surface area contributed by atoms with Crippen LogP contribution in [-0.4, -0.2) is 22.8 Å². The van der Waals surface area contributed by atoms with Gasteiger partial charge in [0.15, 0.2) is 0 Å². The number of hydrogen-bond donors (Lipinski definition) is 2. The normalized spacial score (nSPS) is 17.0. The Morgan fingerprint density at radius 2 is 1.77 bits per heavy atom. The van der Waals surface area contributed by atoms with E-state index in [2.05, 4.69) is 15.6 Å². The van der Waals surface area contributed by atoms with Crippen LogP contribution < -0.4 is 10.6 Å². The molecule has 2 amide bonds. The lowest BCUT2D eigenvalue weighted by atomic mass is 9.88. The minimum absolute atomic E-state index is 0.0169. The molecule has 2 N–H and O–H groups in total. The molecule has 1 atom stereocenters. The molecule has 1 saturated carbocycles. The highest BCUT2D eigenvalue weighted by Crippen LogP contribution is 2.24. The summed E-state index contributed by atoms with van der Waals surface area (Å²) in [5.74, 6) is -0.0632. The van der Waals surface area contributed by atoms with E-state index < -0.39 is 6.04 Å². The number of anilines is 1. The third-order valence-corrected chi connectivity index (χ3v) is 4.17. The van der Waals surface area contributed by atoms with Crippen molar-refractivity contribution in [2.24, 2.45) is 11.8 Å². The number of amides is 2. The van der Waals surface area contributed by atoms with E-state index in [1.807, 2.05) is 13.8 Å². The van der Waals surface area contributed by atoms with Crippen molar-refractivity contribution in [1.29, 1.82) is 0 Å². The Hall–Kier alpha value is -1.91. The number of rotatable bonds is 5. The molecule has 2 rings (SSSR count). The van der Waals surface area contributed by atoms with Crippen molar-refractivity contribution in [3.8, 4) is 0 Å². The predicted molar refractivity (Wildman–Crippen MR) is 86.2 cm³/mol. The maximum Gasteiger partial charge on any atom is 0.247 e. The second kappa shape index (κ2) is 7.92. The third-order valence-electron chi connectivity index (χ3n) is 4.17. The van der Waals surface area contributed by atoms with E-state index in [1.54, 1.807) is 24.5 Å². The highest BCUT2D eigenvalue weighted by atomic mass is 16.2. The second-order valence-electron chi connectivity index (χ2n) is 6.29. The second-order valence-corrected chi connectivity index (χ2v) is 6.29. The van der Waals surface area contributed by atoms with Crippen molar-refractivity contribution in [2.45, 2.75) is 52.0 Å². The lowest BCUT2D eigenvalue weighted by Gasteiger charge is -2.26. The van der Waals surface area contributed by atoms with Gasteiger partial charge in [-0.1, -0.05) is 33.1 Å². The van der Waals surface area contributed by atoms with Gasteiger partial charge in [-0.2, -0.15) is 0 Å². The molecule has 1 aliphatic rings. The maximum absolute atomic E-state index is 12.4. The van der Waals surface area contributed by atoms with Crippen molar-refractivity contribution in [1.82, 2.24) is 10.3 Å². The molecular weight excluding hydrogens is 278 g/mol. The van der Waals surface area contributed by atoms with Gasteiger partial charge < -0.3 is 10.6 Å². The fourth-order valence-corrected chi connectivity index (χ4v) is 2.83. The van der Waals surface area contributed by atoms with Crippen molar-refractivity contribution in [3.63, 3.8) is 0 Å². The molecule has 1 aromatic rings. The molecule has 0 saturated heterocycles. The zero-order valence-electron chi connectivity index (χ0n) is 13.3. The Morgan fingerprint density at radius 1 is 1.14 bits per heavy atom. The highest BCUT2D eigenvalue weighted by Gasteiger charge is 2.28. The first-order valence-corrected chi connectivity index (χ1v) is 8.09. The number of hydrogen-bond acceptors (Lipinski definition) is 3. The number of nitrogens with zero attached hydrogens (tertiary/aromatic N) is 1. The van der Waals surface area contributed by atoms with Crippen LogP contribution in [0.2, 0.25) is 0 Å². The third kappa shape index (κ3) is 4.55. The van der Waals surface area contributed by atoms with Crippen LogP contribution in [0.3, 0.4) is 0 Å². The summed E-state index contributed by atoms with van der Waals surface area (Å²) >= 11 is 0. The lowest BCUT2D eigenvalue weighted by Crippen LogP contribution is -2.49. The minimum Gasteiger partial charge on any atom is -0.344 e. The van der Waals surface area contributed by atoms with E-state index in [1.165, 1.54) is 6.42 Å². The van der Waals surface area contributed by atoms with Crippen LogP contribution in [0.5, 0.6) is 0 Å². The number of carbonyl (C=O) groups is 2. The fraction of sp³-hybridized carbons (Fsp3) is 0.588. The SMILES string of the molecule is CC(C)[C@@H](NC(=O)C1CCCCC1)C(=O)Nc1ccncc1. The standard InChI is InChI=1S/C17H25N3O2/c1-12(2)15(17(22)19-14-8-10-18-11-9-14)20-16(21)13-6-4-3-5-7-13/h8-13,15H,3-7H2,1-2H3,(H,20,21)(H,18,19,22)/t15-/m1/s1. The number of nitrogens with one attached hydrogen (secondary N) is 2. The molecule has 0 radical (unpaired) electrons. The van der Waals surface area contributed by atoms with Crippen LogP contribution in [0.1, 0.15) is 46.0 Å². The van der Waals surface area contributed by atoms with Gasteiger partial charge in [-0.15, -0.1) is 0 Å². The summed E-state index contributed by atoms with van der Waals surface area (Å²) in [4.78, 5) is 28.7. The van der Waals surface area contributed by atoms with Crippen LogP contribution in [0.4, 0.5) is 5.69 Å². The average Bonchev–Trinajstić information content (AvgIpc) is 2.53. The summed E-state index contributed by atoms with van der Waals surface area (Å²) in [6, 6.07) is 2.96. The maximum atomic E-state index is 12.4. The first-order chi connectivity index (χ1) is 10.6. The topological polar surface area (TPSA) is 71.1 Å². The Morgan fingerprint density at radius 3 is 2.36 bits per heavy atom. The van der Waals surface area contributed by atoms with Crippen LogP contribution in [0.15, 0.2) is 24.5 Å². The monoisotopic (exact) mass is 303 g/mol. The molecule has 5 nitrogen and oxygen atoms in total. The molecule has 1 fully saturated rings. The summed E-state index contributed by atoms with van der Waals surface area (Å²) in [5, 5.41) is 5.78. The molecule has 120 valence electrons. The summed E-state index contributed by atoms with van der Waals surface area (Å²) in [6.07, 6.45) is 8.54. The van der Waals surface area contributed by atoms with E-state index in [4.69, 9.17) is 0 Å². The Balaban J connectivity index is 1.96. The first-order valence-electron chi connectivity index (χ1n) is 8.09. The molecular formula is C17H25N3O2. The molecule has 0 spiro atoms. The highest BCUT2D eigenvalue weighted by molar-refractivity contribution is 5.97. The Kier molecular flexibility index (Phi) is 5.92. The molecule has 22 heavy (non-hydrogen) atoms. The smallest absolute Gasteiger partial charge is 0.247 e. The van der Waals surface area contributed by atoms with Crippen LogP contribution >= 0.6 is 0 Å². The largest absolute Gasteiger partial charge is 0.344 e. The molecule has 1 aromatic heterocycles. The molecule has 5 heteroatoms. The Bertz CT molecular complexity index is 496. The number of carbonyl (C=O) groups excluding carboxylic acids is 2. The summed E-state index contributed by atoms with van der Waals surface area (Å²) < 4.78 is 0. The van der Waals surface area contributed by atoms with Gasteiger partial charge in [-0.05, 0) is 30.9 Å². The molecule has 0 aliphatic heterocycles. The van der Waals surface area contributed by atoms with Gasteiger partial charge in [0, 0.05) is 24.0 Å². The van der Waals surface area contributed by atoms with Gasteiger partial charge >= 0.3 is 0 Å². The van der Waals surface area contributed by atoms with Crippen molar-refractivity contribution in [3.05, 3.63) is 24.5 Å². The van der Waals surface area contributed by atoms with E-state index in [0.29, 0.717) is 5.69 Å². The molecule has 1 heterocycles. The Labute approximate surface area is 131 Å². The van der Waals surface area contributed by atoms with Gasteiger partial charge in [-0.25, -0.2) is 0 Å². The minimum atomic E-state index is -0.511. The first kappa shape index (κ1) is 16.5. The van der Waals surface area contributed by atoms with E-state index in [0.717, 1.165) is 25.7 Å². The van der Waals surface area contributed by atoms with E-state index in [-0.39, 0.29) is 23.7 Å². The quantitative estimate of drug-likeness (QED) is 0.878. The van der Waals surface area contributed by atoms with Crippen molar-refractivity contribution < 1.29 is 9.59 Å². The van der Waals surface area contributed by atoms with Crippen LogP contribution in [-0.2, 0) is 9.59 Å². The van der Waals surface area contributed by atoms with Gasteiger partial charge in [0.25, 0.3) is 0 Å². The zero-order valence-corrected chi connectivity index (χ0v) is 13.3. The predicted octanol–water partition coefficient (Wildman–Crippen LogP) is 2.74. The fourth-order valence-electron chi connectivity index (χ4n) is 2.83. The average molecular weight is 303 g/mol. The molecule has 0 unspecified atom stereocenters. The number of pyridine rings is 1. The summed E-state index contributed by atoms with van der Waals surface area (Å²) in [6.45, 7) is 3.88. The lowest BCUT2D eigenvalue weighted by molar-refractivity contribution is -0.130. The zero-order chi connectivity index (χ0) is 15.9. The van der Waals surface area contributed by atoms with Gasteiger partial charge in [-0.3, -0.25) is 14.6 Å². The summed E-state index contributed by atoms with van der Waals surface area (Å²) in [7, 11) is 0. The van der Waals surface area contributed by atoms with E-state index in [9.17, 15) is 9.59 Å². The van der Waals surface area contributed by atoms with E-state index >= 15 is 0 Å². The molecule has 0 bridgehead atoms. The number of aromatic nitrogens is 1. The van der Waals surface area contributed by atoms with Crippen LogP contribution in [0, 0.1) is 11.8 Å². The van der Waals surface area contributed by atoms with Gasteiger partial charge in [0.05, 0.1) is 0 Å². The van der Waals surface area contributed by atoms with Crippen LogP contribution in [0.25, 0.3) is 0 Å². The summed E-state index contributed by atoms with van der Waals surface area (Å²) in [5.41, 5.74) is 0.692. The van der Waals surface area contributed by atoms with Gasteiger partial charge in [0.2, 0.25) is 11.8 Å².